The minimum Gasteiger partial charge on any atom is -0.468 e. The molecule has 64 valence electrons. The summed E-state index contributed by atoms with van der Waals surface area (Å²) in [6.07, 6.45) is -0.299. The van der Waals surface area contributed by atoms with E-state index < -0.39 is 17.9 Å². The van der Waals surface area contributed by atoms with E-state index in [9.17, 15) is 13.6 Å². The van der Waals surface area contributed by atoms with Gasteiger partial charge in [-0.1, -0.05) is 0 Å². The number of hydrogen-bond acceptors (Lipinski definition) is 3. The van der Waals surface area contributed by atoms with Crippen molar-refractivity contribution >= 4 is 5.97 Å². The zero-order valence-electron chi connectivity index (χ0n) is 6.06. The van der Waals surface area contributed by atoms with E-state index in [-0.39, 0.29) is 13.0 Å². The Balaban J connectivity index is 2.64. The van der Waals surface area contributed by atoms with Crippen molar-refractivity contribution in [2.75, 3.05) is 13.7 Å². The van der Waals surface area contributed by atoms with E-state index in [2.05, 4.69) is 10.1 Å². The van der Waals surface area contributed by atoms with Crippen molar-refractivity contribution in [2.24, 2.45) is 0 Å². The van der Waals surface area contributed by atoms with Gasteiger partial charge in [0.15, 0.2) is 6.04 Å². The van der Waals surface area contributed by atoms with Crippen molar-refractivity contribution in [1.82, 2.24) is 5.32 Å². The largest absolute Gasteiger partial charge is 0.468 e. The Morgan fingerprint density at radius 3 is 2.73 bits per heavy atom. The van der Waals surface area contributed by atoms with Crippen LogP contribution >= 0.6 is 0 Å². The highest BCUT2D eigenvalue weighted by Crippen LogP contribution is 2.27. The predicted molar refractivity (Wildman–Crippen MR) is 33.4 cm³/mol. The zero-order valence-corrected chi connectivity index (χ0v) is 6.06. The maximum absolute atomic E-state index is 12.7. The second kappa shape index (κ2) is 2.73. The molecular formula is C6H9F2NO2. The van der Waals surface area contributed by atoms with Gasteiger partial charge in [0, 0.05) is 13.0 Å². The fourth-order valence-electron chi connectivity index (χ4n) is 1.05. The van der Waals surface area contributed by atoms with Crippen LogP contribution in [-0.2, 0) is 9.53 Å². The number of alkyl halides is 2. The van der Waals surface area contributed by atoms with Crippen molar-refractivity contribution in [3.63, 3.8) is 0 Å². The topological polar surface area (TPSA) is 38.3 Å². The number of carbonyl (C=O) groups excluding carboxylic acids is 1. The highest BCUT2D eigenvalue weighted by molar-refractivity contribution is 5.77. The summed E-state index contributed by atoms with van der Waals surface area (Å²) in [4.78, 5) is 10.7. The lowest BCUT2D eigenvalue weighted by Crippen LogP contribution is -2.43. The molecule has 11 heavy (non-hydrogen) atoms. The number of carbonyl (C=O) groups is 1. The van der Waals surface area contributed by atoms with E-state index in [0.29, 0.717) is 0 Å². The molecule has 1 heterocycles. The van der Waals surface area contributed by atoms with Gasteiger partial charge in [0.2, 0.25) is 0 Å². The van der Waals surface area contributed by atoms with E-state index in [4.69, 9.17) is 0 Å². The van der Waals surface area contributed by atoms with Gasteiger partial charge in [-0.3, -0.25) is 10.1 Å². The first-order valence-corrected chi connectivity index (χ1v) is 3.27. The standard InChI is InChI=1S/C6H9F2NO2/c1-11-5(10)4-6(7,8)2-3-9-4/h4,9H,2-3H2,1H3. The molecule has 0 aromatic carbocycles. The molecule has 1 fully saturated rings. The molecule has 1 aliphatic heterocycles. The zero-order chi connectivity index (χ0) is 8.48. The summed E-state index contributed by atoms with van der Waals surface area (Å²) in [7, 11) is 1.10. The van der Waals surface area contributed by atoms with Crippen LogP contribution in [0.2, 0.25) is 0 Å². The Labute approximate surface area is 62.7 Å². The van der Waals surface area contributed by atoms with E-state index in [1.165, 1.54) is 0 Å². The van der Waals surface area contributed by atoms with Crippen LogP contribution in [0.3, 0.4) is 0 Å². The number of hydrogen-bond donors (Lipinski definition) is 1. The van der Waals surface area contributed by atoms with Gasteiger partial charge >= 0.3 is 5.97 Å². The number of nitrogens with one attached hydrogen (secondary N) is 1. The number of halogens is 2. The molecule has 0 bridgehead atoms. The first-order chi connectivity index (χ1) is 5.08. The van der Waals surface area contributed by atoms with Gasteiger partial charge in [-0.2, -0.15) is 0 Å². The maximum atomic E-state index is 12.7. The minimum absolute atomic E-state index is 0.159. The fraction of sp³-hybridized carbons (Fsp3) is 0.833. The Morgan fingerprint density at radius 1 is 1.73 bits per heavy atom. The molecule has 0 amide bonds. The third-order valence-corrected chi connectivity index (χ3v) is 1.67. The highest BCUT2D eigenvalue weighted by atomic mass is 19.3. The van der Waals surface area contributed by atoms with E-state index in [1.807, 2.05) is 0 Å². The normalized spacial score (nSPS) is 28.5. The van der Waals surface area contributed by atoms with Crippen molar-refractivity contribution < 1.29 is 18.3 Å². The summed E-state index contributed by atoms with van der Waals surface area (Å²) in [5, 5.41) is 2.37. The molecule has 5 heteroatoms. The van der Waals surface area contributed by atoms with Crippen molar-refractivity contribution in [3.8, 4) is 0 Å². The van der Waals surface area contributed by atoms with Crippen molar-refractivity contribution in [3.05, 3.63) is 0 Å². The lowest BCUT2D eigenvalue weighted by molar-refractivity contribution is -0.151. The molecule has 0 aromatic rings. The van der Waals surface area contributed by atoms with Gasteiger partial charge in [0.1, 0.15) is 0 Å². The molecular weight excluding hydrogens is 156 g/mol. The van der Waals surface area contributed by atoms with Crippen LogP contribution in [0.15, 0.2) is 0 Å². The molecule has 0 aliphatic carbocycles. The SMILES string of the molecule is COC(=O)C1NCCC1(F)F. The summed E-state index contributed by atoms with van der Waals surface area (Å²) in [6.45, 7) is 0.159. The quantitative estimate of drug-likeness (QED) is 0.562. The average molecular weight is 165 g/mol. The third kappa shape index (κ3) is 1.48. The van der Waals surface area contributed by atoms with Crippen LogP contribution in [0.5, 0.6) is 0 Å². The molecule has 1 rings (SSSR count). The molecule has 0 aromatic heterocycles. The van der Waals surface area contributed by atoms with Crippen molar-refractivity contribution in [2.45, 2.75) is 18.4 Å². The molecule has 1 aliphatic rings. The Kier molecular flexibility index (Phi) is 2.08. The van der Waals surface area contributed by atoms with E-state index in [0.717, 1.165) is 7.11 Å². The molecule has 0 saturated carbocycles. The number of ether oxygens (including phenoxy) is 1. The minimum atomic E-state index is -2.95. The smallest absolute Gasteiger partial charge is 0.329 e. The third-order valence-electron chi connectivity index (χ3n) is 1.67. The Morgan fingerprint density at radius 2 is 2.36 bits per heavy atom. The van der Waals surface area contributed by atoms with Gasteiger partial charge < -0.3 is 4.74 Å². The van der Waals surface area contributed by atoms with E-state index in [1.54, 1.807) is 0 Å². The van der Waals surface area contributed by atoms with Crippen LogP contribution in [-0.4, -0.2) is 31.6 Å². The maximum Gasteiger partial charge on any atom is 0.329 e. The molecule has 0 radical (unpaired) electrons. The average Bonchev–Trinajstić information content (AvgIpc) is 2.28. The predicted octanol–water partition coefficient (Wildman–Crippen LogP) is 0.157. The summed E-state index contributed by atoms with van der Waals surface area (Å²) < 4.78 is 29.6. The van der Waals surface area contributed by atoms with Crippen LogP contribution in [0.1, 0.15) is 6.42 Å². The number of methoxy groups -OCH3 is 1. The fourth-order valence-corrected chi connectivity index (χ4v) is 1.05. The summed E-state index contributed by atoms with van der Waals surface area (Å²) in [5.74, 6) is -3.85. The highest BCUT2D eigenvalue weighted by Gasteiger charge is 2.48. The molecule has 1 N–H and O–H groups in total. The van der Waals surface area contributed by atoms with Gasteiger partial charge in [-0.15, -0.1) is 0 Å². The Bertz CT molecular complexity index is 172. The second-order valence-electron chi connectivity index (χ2n) is 2.42. The Hall–Kier alpha value is -0.710. The molecule has 1 saturated heterocycles. The molecule has 3 nitrogen and oxygen atoms in total. The van der Waals surface area contributed by atoms with Gasteiger partial charge in [-0.05, 0) is 0 Å². The van der Waals surface area contributed by atoms with E-state index >= 15 is 0 Å². The van der Waals surface area contributed by atoms with Crippen LogP contribution in [0.4, 0.5) is 8.78 Å². The van der Waals surface area contributed by atoms with Crippen molar-refractivity contribution in [1.29, 1.82) is 0 Å². The molecule has 0 spiro atoms. The summed E-state index contributed by atoms with van der Waals surface area (Å²) in [6, 6.07) is -1.45. The van der Waals surface area contributed by atoms with Crippen LogP contribution in [0.25, 0.3) is 0 Å². The van der Waals surface area contributed by atoms with Gasteiger partial charge in [0.05, 0.1) is 7.11 Å². The number of rotatable bonds is 1. The first kappa shape index (κ1) is 8.39. The summed E-state index contributed by atoms with van der Waals surface area (Å²) in [5.41, 5.74) is 0. The first-order valence-electron chi connectivity index (χ1n) is 3.27. The summed E-state index contributed by atoms with van der Waals surface area (Å²) >= 11 is 0. The van der Waals surface area contributed by atoms with Crippen LogP contribution < -0.4 is 5.32 Å². The lowest BCUT2D eigenvalue weighted by Gasteiger charge is -2.15. The van der Waals surface area contributed by atoms with Gasteiger partial charge in [0.25, 0.3) is 5.92 Å². The lowest BCUT2D eigenvalue weighted by atomic mass is 10.1. The van der Waals surface area contributed by atoms with Crippen LogP contribution in [0, 0.1) is 0 Å². The number of esters is 1. The van der Waals surface area contributed by atoms with Gasteiger partial charge in [-0.25, -0.2) is 8.78 Å². The molecule has 1 atom stereocenters. The monoisotopic (exact) mass is 165 g/mol. The second-order valence-corrected chi connectivity index (χ2v) is 2.42. The molecule has 1 unspecified atom stereocenters.